The van der Waals surface area contributed by atoms with Crippen LogP contribution in [0.5, 0.6) is 0 Å². The molecule has 0 aliphatic heterocycles. The summed E-state index contributed by atoms with van der Waals surface area (Å²) in [5.74, 6) is 0. The molecule has 2 atom stereocenters. The van der Waals surface area contributed by atoms with E-state index >= 15 is 0 Å². The molecule has 5 heteroatoms. The third-order valence-electron chi connectivity index (χ3n) is 4.64. The van der Waals surface area contributed by atoms with Gasteiger partial charge in [-0.25, -0.2) is 0 Å². The minimum absolute atomic E-state index is 0.457. The lowest BCUT2D eigenvalue weighted by Crippen LogP contribution is -2.67. The first-order valence-electron chi connectivity index (χ1n) is 7.04. The van der Waals surface area contributed by atoms with E-state index in [9.17, 15) is 0 Å². The van der Waals surface area contributed by atoms with Crippen LogP contribution in [0.25, 0.3) is 0 Å². The van der Waals surface area contributed by atoms with Crippen molar-refractivity contribution in [1.82, 2.24) is 20.3 Å². The molecule has 3 rings (SSSR count). The summed E-state index contributed by atoms with van der Waals surface area (Å²) >= 11 is 0. The van der Waals surface area contributed by atoms with Crippen LogP contribution in [0.1, 0.15) is 32.6 Å². The first kappa shape index (κ1) is 12.1. The second-order valence-electron chi connectivity index (χ2n) is 5.44. The molecule has 2 aliphatic rings. The van der Waals surface area contributed by atoms with E-state index in [4.69, 9.17) is 4.74 Å². The van der Waals surface area contributed by atoms with Gasteiger partial charge in [0.15, 0.2) is 0 Å². The van der Waals surface area contributed by atoms with Crippen molar-refractivity contribution in [2.75, 3.05) is 13.2 Å². The molecule has 2 fully saturated rings. The first-order valence-corrected chi connectivity index (χ1v) is 7.04. The number of ether oxygens (including phenoxy) is 1. The van der Waals surface area contributed by atoms with E-state index in [1.165, 1.54) is 25.7 Å². The molecule has 2 aliphatic carbocycles. The summed E-state index contributed by atoms with van der Waals surface area (Å²) in [4.78, 5) is 0. The molecule has 1 heterocycles. The monoisotopic (exact) mass is 250 g/mol. The van der Waals surface area contributed by atoms with Crippen molar-refractivity contribution in [2.45, 2.75) is 51.3 Å². The Morgan fingerprint density at radius 1 is 1.50 bits per heavy atom. The van der Waals surface area contributed by atoms with Gasteiger partial charge in [0.25, 0.3) is 0 Å². The molecule has 1 aromatic heterocycles. The maximum Gasteiger partial charge on any atom is 0.0692 e. The Kier molecular flexibility index (Phi) is 3.35. The molecule has 100 valence electrons. The van der Waals surface area contributed by atoms with Crippen molar-refractivity contribution in [1.29, 1.82) is 0 Å². The SMILES string of the molecule is CCOC1CC(NCCn2ccnn2)C12CCC2. The molecule has 2 unspecified atom stereocenters. The molecular weight excluding hydrogens is 228 g/mol. The van der Waals surface area contributed by atoms with Gasteiger partial charge in [-0.2, -0.15) is 0 Å². The van der Waals surface area contributed by atoms with Gasteiger partial charge < -0.3 is 10.1 Å². The van der Waals surface area contributed by atoms with Crippen LogP contribution >= 0.6 is 0 Å². The lowest BCUT2D eigenvalue weighted by atomic mass is 9.51. The van der Waals surface area contributed by atoms with Gasteiger partial charge in [0.05, 0.1) is 18.8 Å². The third kappa shape index (κ3) is 1.95. The Bertz CT molecular complexity index is 374. The number of nitrogens with zero attached hydrogens (tertiary/aromatic N) is 3. The molecule has 1 spiro atoms. The highest BCUT2D eigenvalue weighted by molar-refractivity contribution is 5.12. The van der Waals surface area contributed by atoms with E-state index < -0.39 is 0 Å². The maximum atomic E-state index is 5.85. The van der Waals surface area contributed by atoms with Gasteiger partial charge in [-0.1, -0.05) is 11.6 Å². The van der Waals surface area contributed by atoms with E-state index in [1.54, 1.807) is 6.20 Å². The average molecular weight is 250 g/mol. The standard InChI is InChI=1S/C13H22N4O/c1-2-18-12-10-11(13(12)4-3-5-13)14-6-8-17-9-7-15-16-17/h7,9,11-12,14H,2-6,8,10H2,1H3. The van der Waals surface area contributed by atoms with Crippen LogP contribution < -0.4 is 5.32 Å². The molecular formula is C13H22N4O. The van der Waals surface area contributed by atoms with Gasteiger partial charge in [-0.3, -0.25) is 4.68 Å². The minimum Gasteiger partial charge on any atom is -0.378 e. The predicted molar refractivity (Wildman–Crippen MR) is 68.1 cm³/mol. The fraction of sp³-hybridized carbons (Fsp3) is 0.846. The largest absolute Gasteiger partial charge is 0.378 e. The van der Waals surface area contributed by atoms with Crippen molar-refractivity contribution in [2.24, 2.45) is 5.41 Å². The summed E-state index contributed by atoms with van der Waals surface area (Å²) < 4.78 is 7.72. The van der Waals surface area contributed by atoms with Gasteiger partial charge in [-0.15, -0.1) is 5.10 Å². The van der Waals surface area contributed by atoms with E-state index in [0.717, 1.165) is 19.7 Å². The van der Waals surface area contributed by atoms with E-state index in [0.29, 0.717) is 17.6 Å². The molecule has 18 heavy (non-hydrogen) atoms. The summed E-state index contributed by atoms with van der Waals surface area (Å²) in [6.07, 6.45) is 9.33. The molecule has 0 saturated heterocycles. The Morgan fingerprint density at radius 3 is 3.00 bits per heavy atom. The molecule has 0 aromatic carbocycles. The lowest BCUT2D eigenvalue weighted by molar-refractivity contribution is -0.172. The van der Waals surface area contributed by atoms with Crippen molar-refractivity contribution in [3.63, 3.8) is 0 Å². The van der Waals surface area contributed by atoms with Gasteiger partial charge in [0.2, 0.25) is 0 Å². The number of aromatic nitrogens is 3. The van der Waals surface area contributed by atoms with Crippen LogP contribution in [0.2, 0.25) is 0 Å². The second-order valence-corrected chi connectivity index (χ2v) is 5.44. The normalized spacial score (nSPS) is 28.9. The van der Waals surface area contributed by atoms with Crippen LogP contribution in [0.15, 0.2) is 12.4 Å². The quantitative estimate of drug-likeness (QED) is 0.824. The Labute approximate surface area is 108 Å². The summed E-state index contributed by atoms with van der Waals surface area (Å²) in [6, 6.07) is 0.645. The smallest absolute Gasteiger partial charge is 0.0692 e. The minimum atomic E-state index is 0.457. The highest BCUT2D eigenvalue weighted by Gasteiger charge is 2.58. The highest BCUT2D eigenvalue weighted by atomic mass is 16.5. The Morgan fingerprint density at radius 2 is 2.39 bits per heavy atom. The van der Waals surface area contributed by atoms with Crippen LogP contribution in [-0.2, 0) is 11.3 Å². The summed E-state index contributed by atoms with van der Waals surface area (Å²) in [7, 11) is 0. The van der Waals surface area contributed by atoms with Gasteiger partial charge in [0, 0.05) is 30.8 Å². The molecule has 5 nitrogen and oxygen atoms in total. The highest BCUT2D eigenvalue weighted by Crippen LogP contribution is 2.57. The maximum absolute atomic E-state index is 5.85. The number of rotatable bonds is 6. The second kappa shape index (κ2) is 4.97. The van der Waals surface area contributed by atoms with Crippen molar-refractivity contribution < 1.29 is 4.74 Å². The Hall–Kier alpha value is -0.940. The topological polar surface area (TPSA) is 52.0 Å². The number of nitrogens with one attached hydrogen (secondary N) is 1. The van der Waals surface area contributed by atoms with Gasteiger partial charge >= 0.3 is 0 Å². The molecule has 1 aromatic rings. The average Bonchev–Trinajstić information content (AvgIpc) is 2.77. The molecule has 2 saturated carbocycles. The van der Waals surface area contributed by atoms with Gasteiger partial charge in [0.1, 0.15) is 0 Å². The summed E-state index contributed by atoms with van der Waals surface area (Å²) in [5, 5.41) is 11.5. The van der Waals surface area contributed by atoms with Gasteiger partial charge in [-0.05, 0) is 26.2 Å². The fourth-order valence-corrected chi connectivity index (χ4v) is 3.43. The predicted octanol–water partition coefficient (Wildman–Crippen LogP) is 1.22. The molecule has 1 N–H and O–H groups in total. The van der Waals surface area contributed by atoms with Crippen molar-refractivity contribution >= 4 is 0 Å². The lowest BCUT2D eigenvalue weighted by Gasteiger charge is -2.61. The zero-order valence-corrected chi connectivity index (χ0v) is 11.0. The van der Waals surface area contributed by atoms with Crippen LogP contribution in [0.3, 0.4) is 0 Å². The van der Waals surface area contributed by atoms with Crippen LogP contribution in [0.4, 0.5) is 0 Å². The van der Waals surface area contributed by atoms with E-state index in [2.05, 4.69) is 22.6 Å². The van der Waals surface area contributed by atoms with Crippen molar-refractivity contribution in [3.8, 4) is 0 Å². The van der Waals surface area contributed by atoms with Crippen LogP contribution in [-0.4, -0.2) is 40.3 Å². The van der Waals surface area contributed by atoms with E-state index in [-0.39, 0.29) is 0 Å². The summed E-state index contributed by atoms with van der Waals surface area (Å²) in [5.41, 5.74) is 0.457. The zero-order chi connectivity index (χ0) is 12.4. The van der Waals surface area contributed by atoms with Crippen LogP contribution in [0, 0.1) is 5.41 Å². The molecule has 0 radical (unpaired) electrons. The van der Waals surface area contributed by atoms with E-state index in [1.807, 2.05) is 10.9 Å². The first-order chi connectivity index (χ1) is 8.85. The Balaban J connectivity index is 1.46. The number of hydrogen-bond acceptors (Lipinski definition) is 4. The number of hydrogen-bond donors (Lipinski definition) is 1. The molecule has 0 bridgehead atoms. The van der Waals surface area contributed by atoms with Crippen molar-refractivity contribution in [3.05, 3.63) is 12.4 Å². The fourth-order valence-electron chi connectivity index (χ4n) is 3.43. The zero-order valence-electron chi connectivity index (χ0n) is 11.0. The summed E-state index contributed by atoms with van der Waals surface area (Å²) in [6.45, 7) is 4.80. The molecule has 0 amide bonds. The third-order valence-corrected chi connectivity index (χ3v) is 4.64.